The molecule has 4 rings (SSSR count). The van der Waals surface area contributed by atoms with E-state index in [-0.39, 0.29) is 37.3 Å². The van der Waals surface area contributed by atoms with Crippen LogP contribution in [0.3, 0.4) is 0 Å². The molecular formula is C26H26N2O6. The first-order valence-electron chi connectivity index (χ1n) is 11.0. The van der Waals surface area contributed by atoms with Crippen molar-refractivity contribution in [1.29, 1.82) is 0 Å². The minimum Gasteiger partial charge on any atom is -0.475 e. The van der Waals surface area contributed by atoms with E-state index in [1.807, 2.05) is 24.3 Å². The summed E-state index contributed by atoms with van der Waals surface area (Å²) < 4.78 is 10.7. The van der Waals surface area contributed by atoms with E-state index in [1.165, 1.54) is 17.0 Å². The van der Waals surface area contributed by atoms with Crippen molar-refractivity contribution in [3.8, 4) is 11.1 Å². The van der Waals surface area contributed by atoms with Crippen LogP contribution in [0, 0.1) is 5.92 Å². The predicted octanol–water partition coefficient (Wildman–Crippen LogP) is 4.11. The third kappa shape index (κ3) is 4.80. The summed E-state index contributed by atoms with van der Waals surface area (Å²) in [6.45, 7) is 2.14. The van der Waals surface area contributed by atoms with Crippen LogP contribution in [0.2, 0.25) is 0 Å². The predicted molar refractivity (Wildman–Crippen MR) is 124 cm³/mol. The maximum atomic E-state index is 12.6. The van der Waals surface area contributed by atoms with Crippen LogP contribution in [0.25, 0.3) is 11.1 Å². The minimum absolute atomic E-state index is 0.0349. The summed E-state index contributed by atoms with van der Waals surface area (Å²) in [4.78, 5) is 37.3. The second-order valence-corrected chi connectivity index (χ2v) is 8.37. The molecule has 8 heteroatoms. The molecule has 0 spiro atoms. The molecule has 3 aromatic rings. The van der Waals surface area contributed by atoms with Gasteiger partial charge in [-0.15, -0.1) is 0 Å². The molecule has 0 fully saturated rings. The number of carboxylic acid groups (broad SMARTS) is 1. The van der Waals surface area contributed by atoms with Crippen molar-refractivity contribution in [2.24, 2.45) is 5.92 Å². The van der Waals surface area contributed by atoms with Gasteiger partial charge in [-0.05, 0) is 34.4 Å². The second kappa shape index (κ2) is 9.82. The highest BCUT2D eigenvalue weighted by atomic mass is 16.5. The van der Waals surface area contributed by atoms with Crippen molar-refractivity contribution in [3.63, 3.8) is 0 Å². The maximum absolute atomic E-state index is 12.6. The van der Waals surface area contributed by atoms with E-state index >= 15 is 0 Å². The number of rotatable bonds is 8. The Kier molecular flexibility index (Phi) is 6.67. The van der Waals surface area contributed by atoms with E-state index in [0.717, 1.165) is 22.3 Å². The van der Waals surface area contributed by atoms with Crippen molar-refractivity contribution in [2.45, 2.75) is 19.4 Å². The first-order valence-corrected chi connectivity index (χ1v) is 11.0. The molecule has 0 radical (unpaired) electrons. The molecule has 0 bridgehead atoms. The van der Waals surface area contributed by atoms with Crippen LogP contribution in [0.5, 0.6) is 0 Å². The molecule has 34 heavy (non-hydrogen) atoms. The van der Waals surface area contributed by atoms with Crippen LogP contribution in [-0.2, 0) is 16.1 Å². The number of aromatic carboxylic acids is 1. The Morgan fingerprint density at radius 3 is 2.24 bits per heavy atom. The molecule has 0 aliphatic heterocycles. The molecule has 8 nitrogen and oxygen atoms in total. The number of nitrogens with one attached hydrogen (secondary N) is 1. The number of alkyl carbamates (subject to hydrolysis) is 1. The van der Waals surface area contributed by atoms with E-state index in [9.17, 15) is 14.4 Å². The summed E-state index contributed by atoms with van der Waals surface area (Å²) in [5.74, 6) is -1.73. The van der Waals surface area contributed by atoms with Gasteiger partial charge in [0.05, 0.1) is 12.5 Å². The Labute approximate surface area is 197 Å². The first-order chi connectivity index (χ1) is 16.3. The van der Waals surface area contributed by atoms with E-state index in [1.54, 1.807) is 14.0 Å². The maximum Gasteiger partial charge on any atom is 0.407 e. The van der Waals surface area contributed by atoms with Gasteiger partial charge in [-0.25, -0.2) is 9.59 Å². The number of nitrogens with zero attached hydrogens (tertiary/aromatic N) is 1. The highest BCUT2D eigenvalue weighted by molar-refractivity contribution is 5.84. The SMILES string of the molecule is CC(CNC(=O)OCC1c2ccccc2-c2ccccc21)C(=O)N(C)Cc1ccc(C(=O)O)o1. The summed E-state index contributed by atoms with van der Waals surface area (Å²) in [6.07, 6.45) is -0.582. The quantitative estimate of drug-likeness (QED) is 0.521. The number of ether oxygens (including phenoxy) is 1. The summed E-state index contributed by atoms with van der Waals surface area (Å²) >= 11 is 0. The zero-order valence-corrected chi connectivity index (χ0v) is 19.0. The summed E-state index contributed by atoms with van der Waals surface area (Å²) in [5, 5.41) is 11.6. The van der Waals surface area contributed by atoms with Crippen LogP contribution < -0.4 is 5.32 Å². The Morgan fingerprint density at radius 1 is 1.03 bits per heavy atom. The average Bonchev–Trinajstić information content (AvgIpc) is 3.43. The number of hydrogen-bond donors (Lipinski definition) is 2. The van der Waals surface area contributed by atoms with E-state index in [2.05, 4.69) is 29.6 Å². The standard InChI is InChI=1S/C26H26N2O6/c1-16(24(29)28(2)14-17-11-12-23(34-17)25(30)31)13-27-26(32)33-15-22-20-9-5-3-7-18(20)19-8-4-6-10-21(19)22/h3-12,16,22H,13-15H2,1-2H3,(H,27,32)(H,30,31). The van der Waals surface area contributed by atoms with Gasteiger partial charge >= 0.3 is 12.1 Å². The van der Waals surface area contributed by atoms with E-state index in [4.69, 9.17) is 14.3 Å². The summed E-state index contributed by atoms with van der Waals surface area (Å²) in [6, 6.07) is 19.1. The van der Waals surface area contributed by atoms with Crippen LogP contribution in [0.4, 0.5) is 4.79 Å². The van der Waals surface area contributed by atoms with Gasteiger partial charge in [0.25, 0.3) is 0 Å². The second-order valence-electron chi connectivity index (χ2n) is 8.37. The third-order valence-corrected chi connectivity index (χ3v) is 5.96. The largest absolute Gasteiger partial charge is 0.475 e. The number of carbonyl (C=O) groups is 3. The zero-order valence-electron chi connectivity index (χ0n) is 19.0. The lowest BCUT2D eigenvalue weighted by atomic mass is 9.98. The van der Waals surface area contributed by atoms with Gasteiger partial charge in [-0.3, -0.25) is 4.79 Å². The van der Waals surface area contributed by atoms with Gasteiger partial charge in [-0.2, -0.15) is 0 Å². The number of amides is 2. The van der Waals surface area contributed by atoms with Gasteiger partial charge in [0.1, 0.15) is 12.4 Å². The van der Waals surface area contributed by atoms with Crippen LogP contribution in [-0.4, -0.2) is 48.2 Å². The summed E-state index contributed by atoms with van der Waals surface area (Å²) in [5.41, 5.74) is 4.57. The van der Waals surface area contributed by atoms with E-state index in [0.29, 0.717) is 5.76 Å². The average molecular weight is 463 g/mol. The molecule has 1 aliphatic carbocycles. The Balaban J connectivity index is 1.27. The van der Waals surface area contributed by atoms with Crippen LogP contribution in [0.15, 0.2) is 65.1 Å². The Hall–Kier alpha value is -4.07. The number of carboxylic acids is 1. The van der Waals surface area contributed by atoms with Crippen molar-refractivity contribution < 1.29 is 28.6 Å². The fraction of sp³-hybridized carbons (Fsp3) is 0.269. The van der Waals surface area contributed by atoms with Crippen molar-refractivity contribution >= 4 is 18.0 Å². The molecule has 2 aromatic carbocycles. The lowest BCUT2D eigenvalue weighted by Crippen LogP contribution is -2.38. The lowest BCUT2D eigenvalue weighted by Gasteiger charge is -2.21. The Morgan fingerprint density at radius 2 is 1.65 bits per heavy atom. The molecule has 2 N–H and O–H groups in total. The number of hydrogen-bond acceptors (Lipinski definition) is 5. The molecule has 0 saturated carbocycles. The smallest absolute Gasteiger partial charge is 0.407 e. The fourth-order valence-electron chi connectivity index (χ4n) is 4.24. The van der Waals surface area contributed by atoms with Crippen molar-refractivity contribution in [1.82, 2.24) is 10.2 Å². The topological polar surface area (TPSA) is 109 Å². The molecule has 176 valence electrons. The van der Waals surface area contributed by atoms with Gasteiger partial charge < -0.3 is 24.5 Å². The number of benzene rings is 2. The lowest BCUT2D eigenvalue weighted by molar-refractivity contribution is -0.134. The van der Waals surface area contributed by atoms with Crippen molar-refractivity contribution in [2.75, 3.05) is 20.2 Å². The van der Waals surface area contributed by atoms with Crippen LogP contribution >= 0.6 is 0 Å². The van der Waals surface area contributed by atoms with Crippen molar-refractivity contribution in [3.05, 3.63) is 83.3 Å². The molecule has 1 unspecified atom stereocenters. The normalized spacial score (nSPS) is 13.0. The van der Waals surface area contributed by atoms with Gasteiger partial charge in [0, 0.05) is 19.5 Å². The third-order valence-electron chi connectivity index (χ3n) is 5.96. The van der Waals surface area contributed by atoms with Gasteiger partial charge in [0.15, 0.2) is 0 Å². The van der Waals surface area contributed by atoms with Gasteiger partial charge in [-0.1, -0.05) is 55.5 Å². The highest BCUT2D eigenvalue weighted by Crippen LogP contribution is 2.44. The summed E-state index contributed by atoms with van der Waals surface area (Å²) in [7, 11) is 1.59. The molecular weight excluding hydrogens is 436 g/mol. The molecule has 1 atom stereocenters. The molecule has 1 heterocycles. The molecule has 1 aromatic heterocycles. The Bertz CT molecular complexity index is 1170. The molecule has 2 amide bonds. The fourth-order valence-corrected chi connectivity index (χ4v) is 4.24. The molecule has 1 aliphatic rings. The minimum atomic E-state index is -1.17. The van der Waals surface area contributed by atoms with Crippen LogP contribution in [0.1, 0.15) is 40.3 Å². The van der Waals surface area contributed by atoms with E-state index < -0.39 is 18.0 Å². The highest BCUT2D eigenvalue weighted by Gasteiger charge is 2.29. The monoisotopic (exact) mass is 462 g/mol. The number of fused-ring (bicyclic) bond motifs is 3. The number of furan rings is 1. The zero-order chi connectivity index (χ0) is 24.2. The number of carbonyl (C=O) groups excluding carboxylic acids is 2. The molecule has 0 saturated heterocycles. The van der Waals surface area contributed by atoms with Gasteiger partial charge in [0.2, 0.25) is 11.7 Å². The first kappa shape index (κ1) is 23.1.